The first-order chi connectivity index (χ1) is 19.2. The highest BCUT2D eigenvalue weighted by Gasteiger charge is 2.32. The van der Waals surface area contributed by atoms with Crippen LogP contribution in [0.2, 0.25) is 5.02 Å². The quantitative estimate of drug-likeness (QED) is 0.217. The maximum Gasteiger partial charge on any atom is 0.573 e. The summed E-state index contributed by atoms with van der Waals surface area (Å²) in [5.41, 5.74) is 6.41. The van der Waals surface area contributed by atoms with Crippen LogP contribution in [0.25, 0.3) is 10.9 Å². The molecule has 0 fully saturated rings. The van der Waals surface area contributed by atoms with Gasteiger partial charge in [-0.1, -0.05) is 23.7 Å². The number of aryl methyl sites for hydroxylation is 1. The summed E-state index contributed by atoms with van der Waals surface area (Å²) in [6.45, 7) is 1.31. The zero-order chi connectivity index (χ0) is 30.1. The second kappa shape index (κ2) is 11.4. The number of ether oxygens (including phenoxy) is 1. The number of aromatic nitrogens is 2. The van der Waals surface area contributed by atoms with E-state index in [2.05, 4.69) is 20.0 Å². The van der Waals surface area contributed by atoms with E-state index in [1.54, 1.807) is 13.0 Å². The summed E-state index contributed by atoms with van der Waals surface area (Å²) in [5, 5.41) is 12.7. The van der Waals surface area contributed by atoms with Gasteiger partial charge in [-0.05, 0) is 61.0 Å². The number of carboxylic acid groups (broad SMARTS) is 1. The fourth-order valence-electron chi connectivity index (χ4n) is 4.06. The fourth-order valence-corrected chi connectivity index (χ4v) is 5.47. The number of sulfonamides is 1. The minimum atomic E-state index is -4.98. The molecule has 4 N–H and O–H groups in total. The van der Waals surface area contributed by atoms with Gasteiger partial charge >= 0.3 is 12.3 Å². The molecule has 1 heterocycles. The van der Waals surface area contributed by atoms with Crippen LogP contribution in [0.3, 0.4) is 0 Å². The number of benzene rings is 3. The number of nitrogens with zero attached hydrogens (tertiary/aromatic N) is 3. The van der Waals surface area contributed by atoms with Crippen LogP contribution >= 0.6 is 11.6 Å². The van der Waals surface area contributed by atoms with Crippen molar-refractivity contribution < 1.29 is 36.2 Å². The van der Waals surface area contributed by atoms with Crippen molar-refractivity contribution in [2.75, 3.05) is 24.6 Å². The molecule has 0 radical (unpaired) electrons. The molecule has 0 aliphatic heterocycles. The Kier molecular flexibility index (Phi) is 8.29. The van der Waals surface area contributed by atoms with E-state index in [1.165, 1.54) is 55.6 Å². The second-order valence-electron chi connectivity index (χ2n) is 8.92. The van der Waals surface area contributed by atoms with E-state index < -0.39 is 34.1 Å². The van der Waals surface area contributed by atoms with Crippen LogP contribution in [-0.4, -0.2) is 53.7 Å². The molecule has 1 unspecified atom stereocenters. The van der Waals surface area contributed by atoms with Crippen molar-refractivity contribution in [3.8, 4) is 5.75 Å². The summed E-state index contributed by atoms with van der Waals surface area (Å²) in [4.78, 5) is 20.4. The van der Waals surface area contributed by atoms with Crippen molar-refractivity contribution in [1.82, 2.24) is 14.3 Å². The van der Waals surface area contributed by atoms with Gasteiger partial charge in [0.05, 0.1) is 27.0 Å². The van der Waals surface area contributed by atoms with Crippen molar-refractivity contribution in [2.24, 2.45) is 0 Å². The molecular formula is C26H23ClF3N5O5S. The van der Waals surface area contributed by atoms with Crippen molar-refractivity contribution in [1.29, 1.82) is 0 Å². The number of hydrogen-bond acceptors (Lipinski definition) is 8. The molecule has 0 bridgehead atoms. The number of likely N-dealkylation sites (N-methyl/N-ethyl adjacent to an activating group) is 1. The van der Waals surface area contributed by atoms with Crippen LogP contribution in [0.15, 0.2) is 65.6 Å². The van der Waals surface area contributed by atoms with E-state index in [9.17, 15) is 31.5 Å². The average Bonchev–Trinajstić information content (AvgIpc) is 2.88. The fraction of sp³-hybridized carbons (Fsp3) is 0.192. The Morgan fingerprint density at radius 2 is 1.83 bits per heavy atom. The second-order valence-corrected chi connectivity index (χ2v) is 11.4. The maximum atomic E-state index is 13.3. The zero-order valence-corrected chi connectivity index (χ0v) is 23.0. The number of anilines is 2. The van der Waals surface area contributed by atoms with Gasteiger partial charge in [0.1, 0.15) is 17.4 Å². The van der Waals surface area contributed by atoms with Crippen LogP contribution in [0.5, 0.6) is 5.75 Å². The third-order valence-corrected chi connectivity index (χ3v) is 8.12. The van der Waals surface area contributed by atoms with Crippen LogP contribution < -0.4 is 15.8 Å². The lowest BCUT2D eigenvalue weighted by Crippen LogP contribution is -2.34. The molecule has 0 saturated carbocycles. The number of carboxylic acids is 1. The average molecular weight is 610 g/mol. The highest BCUT2D eigenvalue weighted by Crippen LogP contribution is 2.34. The van der Waals surface area contributed by atoms with Gasteiger partial charge in [-0.3, -0.25) is 0 Å². The van der Waals surface area contributed by atoms with Gasteiger partial charge < -0.3 is 20.9 Å². The molecule has 4 rings (SSSR count). The number of fused-ring (bicyclic) bond motifs is 1. The summed E-state index contributed by atoms with van der Waals surface area (Å²) >= 11 is 6.11. The van der Waals surface area contributed by atoms with Gasteiger partial charge in [0.15, 0.2) is 0 Å². The zero-order valence-electron chi connectivity index (χ0n) is 21.5. The number of halogens is 4. The van der Waals surface area contributed by atoms with Crippen LogP contribution in [-0.2, 0) is 10.0 Å². The van der Waals surface area contributed by atoms with E-state index in [0.717, 1.165) is 10.4 Å². The normalized spacial score (nSPS) is 12.9. The first kappa shape index (κ1) is 29.8. The predicted octanol–water partition coefficient (Wildman–Crippen LogP) is 5.24. The Hall–Kier alpha value is -4.14. The summed E-state index contributed by atoms with van der Waals surface area (Å²) in [7, 11) is -2.71. The van der Waals surface area contributed by atoms with E-state index in [1.807, 2.05) is 0 Å². The molecule has 3 aromatic carbocycles. The minimum absolute atomic E-state index is 0.0330. The van der Waals surface area contributed by atoms with E-state index in [4.69, 9.17) is 17.3 Å². The molecule has 216 valence electrons. The van der Waals surface area contributed by atoms with E-state index >= 15 is 0 Å². The Balaban J connectivity index is 1.79. The Labute approximate surface area is 237 Å². The summed E-state index contributed by atoms with van der Waals surface area (Å²) < 4.78 is 70.0. The standard InChI is InChI=1S/C26H23ClF3N5O5S/c1-14-32-23-18(4-3-5-19(23)25(36)37)24(33-14)34-21(15-6-11-22(20(27)12-15)40-26(28,29)30)13-35(2)41(38,39)17-9-7-16(31)8-10-17/h3-12,21H,13,31H2,1-2H3,(H,36,37)(H,32,33,34). The smallest absolute Gasteiger partial charge is 0.478 e. The number of carbonyl (C=O) groups is 1. The molecule has 4 aromatic rings. The van der Waals surface area contributed by atoms with Crippen LogP contribution in [0.4, 0.5) is 24.7 Å². The number of nitrogens with two attached hydrogens (primary N) is 1. The van der Waals surface area contributed by atoms with Gasteiger partial charge in [0.2, 0.25) is 10.0 Å². The molecule has 0 aliphatic rings. The highest BCUT2D eigenvalue weighted by molar-refractivity contribution is 7.89. The van der Waals surface area contributed by atoms with Gasteiger partial charge in [-0.25, -0.2) is 23.2 Å². The highest BCUT2D eigenvalue weighted by atomic mass is 35.5. The van der Waals surface area contributed by atoms with Gasteiger partial charge in [0, 0.05) is 24.7 Å². The lowest BCUT2D eigenvalue weighted by Gasteiger charge is -2.27. The predicted molar refractivity (Wildman–Crippen MR) is 146 cm³/mol. The molecule has 1 aromatic heterocycles. The monoisotopic (exact) mass is 609 g/mol. The number of hydrogen-bond donors (Lipinski definition) is 3. The first-order valence-electron chi connectivity index (χ1n) is 11.8. The van der Waals surface area contributed by atoms with E-state index in [-0.39, 0.29) is 39.2 Å². The molecule has 15 heteroatoms. The topological polar surface area (TPSA) is 148 Å². The number of alkyl halides is 3. The maximum absolute atomic E-state index is 13.3. The summed E-state index contributed by atoms with van der Waals surface area (Å²) in [5.74, 6) is -1.45. The number of rotatable bonds is 9. The van der Waals surface area contributed by atoms with Crippen molar-refractivity contribution in [2.45, 2.75) is 24.2 Å². The molecule has 41 heavy (non-hydrogen) atoms. The van der Waals surface area contributed by atoms with Crippen molar-refractivity contribution in [3.63, 3.8) is 0 Å². The lowest BCUT2D eigenvalue weighted by molar-refractivity contribution is -0.274. The Morgan fingerprint density at radius 3 is 2.44 bits per heavy atom. The Morgan fingerprint density at radius 1 is 1.15 bits per heavy atom. The van der Waals surface area contributed by atoms with Crippen LogP contribution in [0.1, 0.15) is 27.8 Å². The third kappa shape index (κ3) is 6.78. The molecular weight excluding hydrogens is 587 g/mol. The van der Waals surface area contributed by atoms with Gasteiger partial charge in [0.25, 0.3) is 0 Å². The summed E-state index contributed by atoms with van der Waals surface area (Å²) in [6, 6.07) is 12.6. The molecule has 0 amide bonds. The van der Waals surface area contributed by atoms with Crippen molar-refractivity contribution in [3.05, 3.63) is 82.6 Å². The van der Waals surface area contributed by atoms with E-state index in [0.29, 0.717) is 16.6 Å². The largest absolute Gasteiger partial charge is 0.573 e. The molecule has 0 saturated heterocycles. The van der Waals surface area contributed by atoms with Crippen LogP contribution in [0, 0.1) is 6.92 Å². The Bertz CT molecular complexity index is 1720. The number of nitrogen functional groups attached to an aromatic ring is 1. The SMILES string of the molecule is Cc1nc(NC(CN(C)S(=O)(=O)c2ccc(N)cc2)c2ccc(OC(F)(F)F)c(Cl)c2)c2cccc(C(=O)O)c2n1. The first-order valence-corrected chi connectivity index (χ1v) is 13.6. The lowest BCUT2D eigenvalue weighted by atomic mass is 10.1. The minimum Gasteiger partial charge on any atom is -0.478 e. The molecule has 1 atom stereocenters. The summed E-state index contributed by atoms with van der Waals surface area (Å²) in [6.07, 6.45) is -4.98. The number of para-hydroxylation sites is 1. The molecule has 0 spiro atoms. The molecule has 0 aliphatic carbocycles. The number of nitrogens with one attached hydrogen (secondary N) is 1. The number of aromatic carboxylic acids is 1. The van der Waals surface area contributed by atoms with Gasteiger partial charge in [-0.2, -0.15) is 4.31 Å². The third-order valence-electron chi connectivity index (χ3n) is 5.99. The van der Waals surface area contributed by atoms with Gasteiger partial charge in [-0.15, -0.1) is 13.2 Å². The molecule has 10 nitrogen and oxygen atoms in total. The van der Waals surface area contributed by atoms with Crippen molar-refractivity contribution >= 4 is 50.0 Å².